The minimum atomic E-state index is -4.30. The summed E-state index contributed by atoms with van der Waals surface area (Å²) in [4.78, 5) is 30.0. The molecule has 7 nitrogen and oxygen atoms in total. The van der Waals surface area contributed by atoms with Crippen LogP contribution in [0.2, 0.25) is 0 Å². The van der Waals surface area contributed by atoms with E-state index in [2.05, 4.69) is 4.98 Å². The van der Waals surface area contributed by atoms with E-state index < -0.39 is 21.6 Å². The smallest absolute Gasteiger partial charge is 0.274 e. The van der Waals surface area contributed by atoms with Gasteiger partial charge in [0.1, 0.15) is 4.90 Å². The Kier molecular flexibility index (Phi) is 4.58. The highest BCUT2D eigenvalue weighted by molar-refractivity contribution is 7.90. The van der Waals surface area contributed by atoms with Gasteiger partial charge in [-0.25, -0.2) is 17.8 Å². The van der Waals surface area contributed by atoms with Crippen LogP contribution < -0.4 is 5.69 Å². The van der Waals surface area contributed by atoms with Crippen molar-refractivity contribution in [3.8, 4) is 0 Å². The number of imidazole rings is 1. The summed E-state index contributed by atoms with van der Waals surface area (Å²) in [6, 6.07) is 14.6. The Bertz CT molecular complexity index is 1410. The molecular formula is C21H19N3O4S. The zero-order valence-electron chi connectivity index (χ0n) is 15.9. The van der Waals surface area contributed by atoms with Crippen molar-refractivity contribution < 1.29 is 13.2 Å². The lowest BCUT2D eigenvalue weighted by atomic mass is 10.1. The first-order valence-corrected chi connectivity index (χ1v) is 10.6. The van der Waals surface area contributed by atoms with Crippen LogP contribution in [0.15, 0.2) is 70.5 Å². The first-order chi connectivity index (χ1) is 13.8. The van der Waals surface area contributed by atoms with Gasteiger partial charge in [0, 0.05) is 18.0 Å². The molecule has 0 unspecified atom stereocenters. The summed E-state index contributed by atoms with van der Waals surface area (Å²) < 4.78 is 28.7. The third kappa shape index (κ3) is 3.05. The average Bonchev–Trinajstić information content (AvgIpc) is 2.99. The first-order valence-electron chi connectivity index (χ1n) is 9.17. The highest BCUT2D eigenvalue weighted by Crippen LogP contribution is 2.25. The summed E-state index contributed by atoms with van der Waals surface area (Å²) >= 11 is 0. The topological polar surface area (TPSA) is 91.0 Å². The standard InChI is InChI=1S/C21H19N3O4S/c1-14(2)13-19(25)23-16-9-3-4-10-17(16)24(21(23)26)29(27,28)18-11-5-7-15-8-6-12-22-20(15)18/h3-12,14H,13H2,1-2H3. The molecule has 0 bridgehead atoms. The summed E-state index contributed by atoms with van der Waals surface area (Å²) in [5.41, 5.74) is -0.209. The van der Waals surface area contributed by atoms with Crippen molar-refractivity contribution in [2.24, 2.45) is 5.92 Å². The minimum Gasteiger partial charge on any atom is -0.274 e. The number of fused-ring (bicyclic) bond motifs is 2. The lowest BCUT2D eigenvalue weighted by Crippen LogP contribution is -2.33. The summed E-state index contributed by atoms with van der Waals surface area (Å²) in [5.74, 6) is -0.415. The zero-order chi connectivity index (χ0) is 20.8. The Hall–Kier alpha value is -3.26. The Morgan fingerprint density at radius 3 is 2.41 bits per heavy atom. The van der Waals surface area contributed by atoms with Crippen molar-refractivity contribution in [1.82, 2.24) is 13.5 Å². The molecule has 2 aromatic heterocycles. The van der Waals surface area contributed by atoms with Crippen LogP contribution in [0.5, 0.6) is 0 Å². The van der Waals surface area contributed by atoms with Crippen LogP contribution in [0.25, 0.3) is 21.9 Å². The number of carbonyl (C=O) groups excluding carboxylic acids is 1. The number of hydrogen-bond donors (Lipinski definition) is 0. The lowest BCUT2D eigenvalue weighted by molar-refractivity contribution is 0.0887. The molecule has 0 spiro atoms. The molecule has 148 valence electrons. The Balaban J connectivity index is 2.05. The van der Waals surface area contributed by atoms with Crippen molar-refractivity contribution >= 4 is 37.9 Å². The summed E-state index contributed by atoms with van der Waals surface area (Å²) in [6.07, 6.45) is 1.63. The van der Waals surface area contributed by atoms with Gasteiger partial charge in [-0.05, 0) is 30.2 Å². The third-order valence-electron chi connectivity index (χ3n) is 4.65. The van der Waals surface area contributed by atoms with E-state index in [1.165, 1.54) is 18.3 Å². The number of benzene rings is 2. The molecular weight excluding hydrogens is 390 g/mol. The van der Waals surface area contributed by atoms with E-state index in [1.807, 2.05) is 13.8 Å². The highest BCUT2D eigenvalue weighted by Gasteiger charge is 2.29. The van der Waals surface area contributed by atoms with E-state index in [0.29, 0.717) is 9.36 Å². The molecule has 29 heavy (non-hydrogen) atoms. The molecule has 2 heterocycles. The molecule has 0 aliphatic carbocycles. The number of aromatic nitrogens is 3. The molecule has 0 atom stereocenters. The second-order valence-corrected chi connectivity index (χ2v) is 8.95. The molecule has 0 N–H and O–H groups in total. The molecule has 0 amide bonds. The number of para-hydroxylation sites is 3. The van der Waals surface area contributed by atoms with Gasteiger partial charge >= 0.3 is 5.69 Å². The summed E-state index contributed by atoms with van der Waals surface area (Å²) in [5, 5.41) is 0.640. The molecule has 2 aromatic carbocycles. The van der Waals surface area contributed by atoms with Crippen LogP contribution in [0.4, 0.5) is 0 Å². The SMILES string of the molecule is CC(C)CC(=O)n1c(=O)n(S(=O)(=O)c2cccc3cccnc23)c2ccccc21. The Labute approximate surface area is 167 Å². The van der Waals surface area contributed by atoms with Gasteiger partial charge in [-0.15, -0.1) is 0 Å². The summed E-state index contributed by atoms with van der Waals surface area (Å²) in [7, 11) is -4.30. The largest absolute Gasteiger partial charge is 0.350 e. The van der Waals surface area contributed by atoms with Crippen LogP contribution in [0.3, 0.4) is 0 Å². The molecule has 0 saturated carbocycles. The summed E-state index contributed by atoms with van der Waals surface area (Å²) in [6.45, 7) is 3.72. The molecule has 0 radical (unpaired) electrons. The Morgan fingerprint density at radius 2 is 1.69 bits per heavy atom. The van der Waals surface area contributed by atoms with E-state index in [0.717, 1.165) is 4.57 Å². The second kappa shape index (κ2) is 6.97. The normalized spacial score (nSPS) is 12.1. The van der Waals surface area contributed by atoms with E-state index in [-0.39, 0.29) is 33.8 Å². The maximum Gasteiger partial charge on any atom is 0.350 e. The molecule has 0 fully saturated rings. The maximum absolute atomic E-state index is 13.5. The monoisotopic (exact) mass is 409 g/mol. The molecule has 0 saturated heterocycles. The quantitative estimate of drug-likeness (QED) is 0.516. The molecule has 4 rings (SSSR count). The van der Waals surface area contributed by atoms with E-state index in [4.69, 9.17) is 0 Å². The van der Waals surface area contributed by atoms with E-state index in [1.54, 1.807) is 42.5 Å². The maximum atomic E-state index is 13.5. The fraction of sp³-hybridized carbons (Fsp3) is 0.190. The van der Waals surface area contributed by atoms with Gasteiger partial charge in [-0.2, -0.15) is 3.97 Å². The molecule has 4 aromatic rings. The van der Waals surface area contributed by atoms with Gasteiger partial charge in [-0.1, -0.05) is 44.2 Å². The third-order valence-corrected chi connectivity index (χ3v) is 6.37. The van der Waals surface area contributed by atoms with Crippen molar-refractivity contribution in [2.75, 3.05) is 0 Å². The van der Waals surface area contributed by atoms with E-state index >= 15 is 0 Å². The fourth-order valence-electron chi connectivity index (χ4n) is 3.42. The number of rotatable bonds is 4. The van der Waals surface area contributed by atoms with Gasteiger partial charge in [0.05, 0.1) is 16.6 Å². The van der Waals surface area contributed by atoms with Crippen molar-refractivity contribution in [2.45, 2.75) is 25.2 Å². The molecule has 8 heteroatoms. The fourth-order valence-corrected chi connectivity index (χ4v) is 4.98. The zero-order valence-corrected chi connectivity index (χ0v) is 16.8. The Morgan fingerprint density at radius 1 is 1.00 bits per heavy atom. The van der Waals surface area contributed by atoms with Gasteiger partial charge in [0.25, 0.3) is 10.0 Å². The number of pyridine rings is 1. The van der Waals surface area contributed by atoms with Crippen LogP contribution in [-0.2, 0) is 10.0 Å². The van der Waals surface area contributed by atoms with Crippen LogP contribution >= 0.6 is 0 Å². The van der Waals surface area contributed by atoms with Gasteiger partial charge in [0.15, 0.2) is 0 Å². The van der Waals surface area contributed by atoms with Crippen LogP contribution in [0.1, 0.15) is 25.1 Å². The predicted molar refractivity (Wildman–Crippen MR) is 111 cm³/mol. The molecule has 0 aliphatic rings. The second-order valence-electron chi connectivity index (χ2n) is 7.20. The van der Waals surface area contributed by atoms with Gasteiger partial charge in [0.2, 0.25) is 5.91 Å². The minimum absolute atomic E-state index is 0.0235. The first kappa shape index (κ1) is 19.1. The van der Waals surface area contributed by atoms with Crippen LogP contribution in [-0.4, -0.2) is 27.8 Å². The number of nitrogens with zero attached hydrogens (tertiary/aromatic N) is 3. The van der Waals surface area contributed by atoms with Gasteiger partial charge in [-0.3, -0.25) is 9.78 Å². The van der Waals surface area contributed by atoms with Crippen molar-refractivity contribution in [1.29, 1.82) is 0 Å². The lowest BCUT2D eigenvalue weighted by Gasteiger charge is -2.08. The number of carbonyl (C=O) groups is 1. The van der Waals surface area contributed by atoms with Crippen molar-refractivity contribution in [3.63, 3.8) is 0 Å². The van der Waals surface area contributed by atoms with Gasteiger partial charge < -0.3 is 0 Å². The van der Waals surface area contributed by atoms with Crippen molar-refractivity contribution in [3.05, 3.63) is 71.3 Å². The highest BCUT2D eigenvalue weighted by atomic mass is 32.2. The average molecular weight is 409 g/mol. The predicted octanol–water partition coefficient (Wildman–Crippen LogP) is 3.27. The van der Waals surface area contributed by atoms with Crippen LogP contribution in [0, 0.1) is 5.92 Å². The molecule has 0 aliphatic heterocycles. The number of hydrogen-bond acceptors (Lipinski definition) is 5. The van der Waals surface area contributed by atoms with E-state index in [9.17, 15) is 18.0 Å².